The third-order valence-electron chi connectivity index (χ3n) is 4.14. The summed E-state index contributed by atoms with van der Waals surface area (Å²) in [6.07, 6.45) is 1.94. The molecule has 2 heterocycles. The fraction of sp³-hybridized carbons (Fsp3) is 0.263. The molecule has 29 heavy (non-hydrogen) atoms. The van der Waals surface area contributed by atoms with Crippen molar-refractivity contribution in [2.75, 3.05) is 10.0 Å². The van der Waals surface area contributed by atoms with Gasteiger partial charge in [-0.25, -0.2) is 23.1 Å². The maximum absolute atomic E-state index is 12.5. The van der Waals surface area contributed by atoms with Gasteiger partial charge >= 0.3 is 0 Å². The second-order valence-electron chi connectivity index (χ2n) is 6.60. The quantitative estimate of drug-likeness (QED) is 0.613. The zero-order chi connectivity index (χ0) is 21.0. The first kappa shape index (κ1) is 20.5. The standard InChI is InChI=1S/C19H22N6O3S/c1-13-12-14(2)22-19(21-13)24-29(27,28)17-6-4-16(5-7-17)23-18(26)9-11-25-15(3)8-10-20-25/h4-8,10,12H,9,11H2,1-3H3,(H,23,26)(H,21,22,24). The van der Waals surface area contributed by atoms with Gasteiger partial charge in [0.25, 0.3) is 10.0 Å². The number of nitrogens with one attached hydrogen (secondary N) is 2. The average Bonchev–Trinajstić information content (AvgIpc) is 3.04. The number of anilines is 2. The molecule has 2 aromatic heterocycles. The Kier molecular flexibility index (Phi) is 5.92. The molecule has 0 bridgehead atoms. The number of aryl methyl sites for hydroxylation is 4. The van der Waals surface area contributed by atoms with Crippen molar-refractivity contribution in [1.82, 2.24) is 19.7 Å². The summed E-state index contributed by atoms with van der Waals surface area (Å²) in [5.74, 6) is -0.161. The van der Waals surface area contributed by atoms with Crippen LogP contribution in [0.5, 0.6) is 0 Å². The lowest BCUT2D eigenvalue weighted by molar-refractivity contribution is -0.116. The van der Waals surface area contributed by atoms with Gasteiger partial charge in [0.05, 0.1) is 4.90 Å². The highest BCUT2D eigenvalue weighted by Crippen LogP contribution is 2.17. The molecule has 0 unspecified atom stereocenters. The van der Waals surface area contributed by atoms with Gasteiger partial charge in [-0.2, -0.15) is 5.10 Å². The minimum atomic E-state index is -3.84. The van der Waals surface area contributed by atoms with E-state index < -0.39 is 10.0 Å². The van der Waals surface area contributed by atoms with Crippen LogP contribution in [0.4, 0.5) is 11.6 Å². The monoisotopic (exact) mass is 414 g/mol. The Morgan fingerprint density at radius 2 is 1.69 bits per heavy atom. The fourth-order valence-electron chi connectivity index (χ4n) is 2.73. The molecule has 0 aliphatic heterocycles. The van der Waals surface area contributed by atoms with Gasteiger partial charge in [0.1, 0.15) is 0 Å². The summed E-state index contributed by atoms with van der Waals surface area (Å²) in [6, 6.07) is 9.52. The Bertz CT molecular complexity index is 1100. The molecule has 2 N–H and O–H groups in total. The van der Waals surface area contributed by atoms with E-state index in [1.807, 2.05) is 13.0 Å². The van der Waals surface area contributed by atoms with E-state index >= 15 is 0 Å². The average molecular weight is 414 g/mol. The Morgan fingerprint density at radius 3 is 2.28 bits per heavy atom. The van der Waals surface area contributed by atoms with Crippen LogP contribution < -0.4 is 10.0 Å². The lowest BCUT2D eigenvalue weighted by Gasteiger charge is -2.10. The molecule has 0 atom stereocenters. The summed E-state index contributed by atoms with van der Waals surface area (Å²) < 4.78 is 29.2. The summed E-state index contributed by atoms with van der Waals surface area (Å²) in [5, 5.41) is 6.88. The van der Waals surface area contributed by atoms with Gasteiger partial charge < -0.3 is 5.32 Å². The number of carbonyl (C=O) groups excluding carboxylic acids is 1. The number of nitrogens with zero attached hydrogens (tertiary/aromatic N) is 4. The van der Waals surface area contributed by atoms with Crippen LogP contribution >= 0.6 is 0 Å². The Labute approximate surface area is 169 Å². The first-order valence-corrected chi connectivity index (χ1v) is 10.4. The predicted octanol–water partition coefficient (Wildman–Crippen LogP) is 2.43. The number of rotatable bonds is 7. The number of carbonyl (C=O) groups is 1. The van der Waals surface area contributed by atoms with E-state index in [-0.39, 0.29) is 23.2 Å². The van der Waals surface area contributed by atoms with E-state index in [0.29, 0.717) is 23.6 Å². The third-order valence-corrected chi connectivity index (χ3v) is 5.48. The molecule has 0 radical (unpaired) electrons. The zero-order valence-electron chi connectivity index (χ0n) is 16.4. The van der Waals surface area contributed by atoms with Crippen LogP contribution in [0.3, 0.4) is 0 Å². The van der Waals surface area contributed by atoms with E-state index in [1.54, 1.807) is 30.8 Å². The molecule has 0 spiro atoms. The first-order chi connectivity index (χ1) is 13.7. The first-order valence-electron chi connectivity index (χ1n) is 8.96. The zero-order valence-corrected chi connectivity index (χ0v) is 17.2. The molecular weight excluding hydrogens is 392 g/mol. The van der Waals surface area contributed by atoms with Gasteiger partial charge in [-0.05, 0) is 57.2 Å². The summed E-state index contributed by atoms with van der Waals surface area (Å²) in [6.45, 7) is 5.91. The van der Waals surface area contributed by atoms with Crippen molar-refractivity contribution in [3.05, 3.63) is 59.7 Å². The molecule has 9 nitrogen and oxygen atoms in total. The molecule has 152 valence electrons. The Morgan fingerprint density at radius 1 is 1.03 bits per heavy atom. The molecule has 0 aliphatic rings. The molecule has 1 aromatic carbocycles. The Hall–Kier alpha value is -3.27. The van der Waals surface area contributed by atoms with Gasteiger partial charge in [0.2, 0.25) is 11.9 Å². The molecule has 0 saturated carbocycles. The summed E-state index contributed by atoms with van der Waals surface area (Å²) >= 11 is 0. The van der Waals surface area contributed by atoms with Crippen molar-refractivity contribution in [2.24, 2.45) is 0 Å². The van der Waals surface area contributed by atoms with Gasteiger partial charge in [0, 0.05) is 41.9 Å². The molecule has 10 heteroatoms. The van der Waals surface area contributed by atoms with Gasteiger partial charge in [-0.1, -0.05) is 0 Å². The molecular formula is C19H22N6O3S. The molecule has 3 aromatic rings. The third kappa shape index (κ3) is 5.38. The van der Waals surface area contributed by atoms with Gasteiger partial charge in [0.15, 0.2) is 0 Å². The normalized spacial score (nSPS) is 11.3. The predicted molar refractivity (Wildman–Crippen MR) is 109 cm³/mol. The second kappa shape index (κ2) is 8.39. The number of aromatic nitrogens is 4. The molecule has 0 fully saturated rings. The number of hydrogen-bond acceptors (Lipinski definition) is 6. The molecule has 3 rings (SSSR count). The van der Waals surface area contributed by atoms with Crippen molar-refractivity contribution >= 4 is 27.6 Å². The van der Waals surface area contributed by atoms with Crippen LogP contribution in [0.1, 0.15) is 23.5 Å². The van der Waals surface area contributed by atoms with Crippen LogP contribution in [-0.2, 0) is 21.4 Å². The maximum Gasteiger partial charge on any atom is 0.264 e. The van der Waals surface area contributed by atoms with Crippen LogP contribution in [0.15, 0.2) is 47.5 Å². The fourth-order valence-corrected chi connectivity index (χ4v) is 3.68. The number of sulfonamides is 1. The van der Waals surface area contributed by atoms with Crippen molar-refractivity contribution in [3.8, 4) is 0 Å². The smallest absolute Gasteiger partial charge is 0.264 e. The topological polar surface area (TPSA) is 119 Å². The maximum atomic E-state index is 12.5. The number of amides is 1. The largest absolute Gasteiger partial charge is 0.326 e. The molecule has 0 saturated heterocycles. The van der Waals surface area contributed by atoms with Crippen molar-refractivity contribution in [2.45, 2.75) is 38.6 Å². The summed E-state index contributed by atoms with van der Waals surface area (Å²) in [7, 11) is -3.84. The van der Waals surface area contributed by atoms with E-state index in [4.69, 9.17) is 0 Å². The highest BCUT2D eigenvalue weighted by atomic mass is 32.2. The van der Waals surface area contributed by atoms with Crippen LogP contribution in [0, 0.1) is 20.8 Å². The highest BCUT2D eigenvalue weighted by molar-refractivity contribution is 7.92. The van der Waals surface area contributed by atoms with Crippen molar-refractivity contribution < 1.29 is 13.2 Å². The lowest BCUT2D eigenvalue weighted by Crippen LogP contribution is -2.17. The van der Waals surface area contributed by atoms with Crippen LogP contribution in [0.2, 0.25) is 0 Å². The van der Waals surface area contributed by atoms with E-state index in [9.17, 15) is 13.2 Å². The molecule has 1 amide bonds. The number of benzene rings is 1. The molecule has 0 aliphatic carbocycles. The number of hydrogen-bond donors (Lipinski definition) is 2. The van der Waals surface area contributed by atoms with Crippen LogP contribution in [0.25, 0.3) is 0 Å². The minimum Gasteiger partial charge on any atom is -0.326 e. The lowest BCUT2D eigenvalue weighted by atomic mass is 10.3. The van der Waals surface area contributed by atoms with Crippen molar-refractivity contribution in [3.63, 3.8) is 0 Å². The Balaban J connectivity index is 1.62. The highest BCUT2D eigenvalue weighted by Gasteiger charge is 2.16. The minimum absolute atomic E-state index is 0.0220. The second-order valence-corrected chi connectivity index (χ2v) is 8.28. The van der Waals surface area contributed by atoms with Gasteiger partial charge in [-0.15, -0.1) is 0 Å². The summed E-state index contributed by atoms with van der Waals surface area (Å²) in [5.41, 5.74) is 2.82. The SMILES string of the molecule is Cc1cc(C)nc(NS(=O)(=O)c2ccc(NC(=O)CCn3nccc3C)cc2)n1. The van der Waals surface area contributed by atoms with E-state index in [1.165, 1.54) is 24.3 Å². The van der Waals surface area contributed by atoms with Gasteiger partial charge in [-0.3, -0.25) is 9.48 Å². The van der Waals surface area contributed by atoms with E-state index in [2.05, 4.69) is 25.1 Å². The van der Waals surface area contributed by atoms with E-state index in [0.717, 1.165) is 5.69 Å². The van der Waals surface area contributed by atoms with Crippen molar-refractivity contribution in [1.29, 1.82) is 0 Å². The summed E-state index contributed by atoms with van der Waals surface area (Å²) in [4.78, 5) is 20.3. The van der Waals surface area contributed by atoms with Crippen LogP contribution in [-0.4, -0.2) is 34.1 Å².